The molecule has 5 aliphatic rings. The summed E-state index contributed by atoms with van der Waals surface area (Å²) in [5, 5.41) is 17.6. The van der Waals surface area contributed by atoms with Crippen LogP contribution in [-0.4, -0.2) is 122 Å². The van der Waals surface area contributed by atoms with Crippen molar-refractivity contribution >= 4 is 41.6 Å². The number of amides is 6. The third-order valence-corrected chi connectivity index (χ3v) is 11.2. The summed E-state index contributed by atoms with van der Waals surface area (Å²) in [6.45, 7) is 5.15. The Balaban J connectivity index is 0.838. The number of benzene rings is 1. The number of cyclic esters (lactones) is 1. The Morgan fingerprint density at radius 3 is 2.47 bits per heavy atom. The summed E-state index contributed by atoms with van der Waals surface area (Å²) in [6.07, 6.45) is 7.32. The summed E-state index contributed by atoms with van der Waals surface area (Å²) >= 11 is 0. The molecule has 0 spiro atoms. The zero-order valence-corrected chi connectivity index (χ0v) is 32.8. The van der Waals surface area contributed by atoms with Crippen LogP contribution >= 0.6 is 0 Å². The third-order valence-electron chi connectivity index (χ3n) is 11.2. The second-order valence-electron chi connectivity index (χ2n) is 15.4. The van der Waals surface area contributed by atoms with E-state index in [2.05, 4.69) is 48.0 Å². The number of alkyl carbamates (subject to hydrolysis) is 1. The van der Waals surface area contributed by atoms with Crippen molar-refractivity contribution in [2.75, 3.05) is 46.1 Å². The number of rotatable bonds is 17. The number of fused-ring (bicyclic) bond motifs is 2. The summed E-state index contributed by atoms with van der Waals surface area (Å²) in [5.74, 6) is -2.76. The van der Waals surface area contributed by atoms with Gasteiger partial charge in [0.1, 0.15) is 24.0 Å². The SMILES string of the molecule is C[C@H]1C=C2C=C[C@H](C)C(CC[C@@H]3C[C@@H](O)CC(=O)O3)[C@H]2[C@@H](OC(=O)NCCOCCOCCNC(=O)COc2cccc3c2C(=O)N(C2CCC(=O)NC2=O)C3=O)C1. The number of aliphatic hydroxyl groups excluding tert-OH is 1. The van der Waals surface area contributed by atoms with E-state index in [0.29, 0.717) is 19.3 Å². The first-order valence-corrected chi connectivity index (χ1v) is 20.0. The third kappa shape index (κ3) is 10.5. The lowest BCUT2D eigenvalue weighted by atomic mass is 9.65. The van der Waals surface area contributed by atoms with Crippen molar-refractivity contribution in [1.82, 2.24) is 20.9 Å². The maximum absolute atomic E-state index is 13.2. The number of carbonyl (C=O) groups excluding carboxylic acids is 7. The molecule has 17 heteroatoms. The minimum absolute atomic E-state index is 0.00159. The Morgan fingerprint density at radius 2 is 1.72 bits per heavy atom. The first-order chi connectivity index (χ1) is 27.9. The summed E-state index contributed by atoms with van der Waals surface area (Å²) in [6, 6.07) is 3.28. The van der Waals surface area contributed by atoms with Gasteiger partial charge in [0.2, 0.25) is 11.8 Å². The second-order valence-corrected chi connectivity index (χ2v) is 15.4. The molecule has 0 radical (unpaired) electrons. The van der Waals surface area contributed by atoms with E-state index >= 15 is 0 Å². The molecule has 58 heavy (non-hydrogen) atoms. The van der Waals surface area contributed by atoms with Crippen molar-refractivity contribution in [3.63, 3.8) is 0 Å². The molecule has 6 amide bonds. The van der Waals surface area contributed by atoms with Gasteiger partial charge in [-0.3, -0.25) is 39.0 Å². The highest BCUT2D eigenvalue weighted by atomic mass is 16.6. The first-order valence-electron chi connectivity index (χ1n) is 20.0. The number of piperidine rings is 1. The highest BCUT2D eigenvalue weighted by Crippen LogP contribution is 2.45. The highest BCUT2D eigenvalue weighted by Gasteiger charge is 2.46. The van der Waals surface area contributed by atoms with Crippen molar-refractivity contribution in [2.45, 2.75) is 83.1 Å². The maximum atomic E-state index is 13.2. The van der Waals surface area contributed by atoms with Gasteiger partial charge in [-0.15, -0.1) is 0 Å². The van der Waals surface area contributed by atoms with Crippen molar-refractivity contribution in [1.29, 1.82) is 0 Å². The predicted molar refractivity (Wildman–Crippen MR) is 203 cm³/mol. The lowest BCUT2D eigenvalue weighted by molar-refractivity contribution is -0.160. The van der Waals surface area contributed by atoms with Crippen LogP contribution in [0.15, 0.2) is 42.0 Å². The minimum atomic E-state index is -1.12. The van der Waals surface area contributed by atoms with Crippen LogP contribution in [0.2, 0.25) is 0 Å². The zero-order valence-electron chi connectivity index (χ0n) is 32.8. The van der Waals surface area contributed by atoms with E-state index in [0.717, 1.165) is 16.9 Å². The fourth-order valence-corrected chi connectivity index (χ4v) is 8.43. The van der Waals surface area contributed by atoms with Gasteiger partial charge in [-0.05, 0) is 61.1 Å². The number of nitrogens with zero attached hydrogens (tertiary/aromatic N) is 1. The van der Waals surface area contributed by atoms with Gasteiger partial charge in [-0.2, -0.15) is 0 Å². The summed E-state index contributed by atoms with van der Waals surface area (Å²) in [7, 11) is 0. The molecule has 0 bridgehead atoms. The van der Waals surface area contributed by atoms with E-state index in [9.17, 15) is 38.7 Å². The van der Waals surface area contributed by atoms with Crippen LogP contribution in [0.25, 0.3) is 0 Å². The summed E-state index contributed by atoms with van der Waals surface area (Å²) in [5.41, 5.74) is 1.16. The van der Waals surface area contributed by atoms with E-state index < -0.39 is 54.4 Å². The molecule has 2 saturated heterocycles. The smallest absolute Gasteiger partial charge is 0.407 e. The molecule has 17 nitrogen and oxygen atoms in total. The number of imide groups is 2. The van der Waals surface area contributed by atoms with Crippen LogP contribution in [0.4, 0.5) is 4.79 Å². The molecule has 0 aromatic heterocycles. The van der Waals surface area contributed by atoms with E-state index in [1.165, 1.54) is 18.2 Å². The molecule has 2 aliphatic carbocycles. The lowest BCUT2D eigenvalue weighted by Gasteiger charge is -2.43. The number of aliphatic hydroxyl groups is 1. The minimum Gasteiger partial charge on any atom is -0.483 e. The number of esters is 1. The van der Waals surface area contributed by atoms with Gasteiger partial charge < -0.3 is 39.4 Å². The van der Waals surface area contributed by atoms with E-state index in [-0.39, 0.29) is 118 Å². The van der Waals surface area contributed by atoms with Crippen LogP contribution in [0.1, 0.15) is 79.5 Å². The predicted octanol–water partition coefficient (Wildman–Crippen LogP) is 1.96. The monoisotopic (exact) mass is 808 g/mol. The maximum Gasteiger partial charge on any atom is 0.407 e. The standard InChI is InChI=1S/C41H52N4O13/c1-23-18-25-7-6-24(2)28(9-8-27-20-26(46)21-35(49)57-27)36(25)32(19-23)58-41(53)43-13-15-55-17-16-54-14-12-42-34(48)22-56-31-5-3-4-29-37(31)40(52)45(39(29)51)30-10-11-33(47)44-38(30)50/h3-7,18,23-24,26-28,30,32,36,46H,8-17,19-22H2,1-2H3,(H,42,48)(H,43,53)(H,44,47,50)/t23-,24-,26+,27+,28?,30?,32-,36-/m0/s1. The Kier molecular flexibility index (Phi) is 14.3. The molecule has 314 valence electrons. The molecule has 8 atom stereocenters. The van der Waals surface area contributed by atoms with Gasteiger partial charge >= 0.3 is 12.1 Å². The molecular weight excluding hydrogens is 756 g/mol. The number of ether oxygens (including phenoxy) is 5. The lowest BCUT2D eigenvalue weighted by Crippen LogP contribution is -2.54. The molecular formula is C41H52N4O13. The van der Waals surface area contributed by atoms with Gasteiger partial charge in [0.15, 0.2) is 6.61 Å². The normalized spacial score (nSPS) is 27.9. The van der Waals surface area contributed by atoms with E-state index in [1.54, 1.807) is 0 Å². The molecule has 3 aliphatic heterocycles. The van der Waals surface area contributed by atoms with Crippen molar-refractivity contribution in [2.24, 2.45) is 23.7 Å². The second kappa shape index (κ2) is 19.5. The van der Waals surface area contributed by atoms with Crippen molar-refractivity contribution < 1.29 is 62.4 Å². The average Bonchev–Trinajstić information content (AvgIpc) is 3.43. The Hall–Kier alpha value is -5.13. The fraction of sp³-hybridized carbons (Fsp3) is 0.585. The zero-order chi connectivity index (χ0) is 41.3. The largest absolute Gasteiger partial charge is 0.483 e. The average molecular weight is 809 g/mol. The highest BCUT2D eigenvalue weighted by molar-refractivity contribution is 6.24. The van der Waals surface area contributed by atoms with Crippen LogP contribution in [0.5, 0.6) is 5.75 Å². The van der Waals surface area contributed by atoms with Gasteiger partial charge in [0.05, 0.1) is 50.1 Å². The number of hydrogen-bond acceptors (Lipinski definition) is 13. The molecule has 6 rings (SSSR count). The van der Waals surface area contributed by atoms with Crippen molar-refractivity contribution in [3.05, 3.63) is 53.1 Å². The molecule has 4 N–H and O–H groups in total. The molecule has 1 aromatic rings. The molecule has 2 unspecified atom stereocenters. The Labute approximate surface area is 336 Å². The molecule has 0 saturated carbocycles. The van der Waals surface area contributed by atoms with Gasteiger partial charge in [-0.1, -0.05) is 38.1 Å². The molecule has 1 aromatic carbocycles. The molecule has 2 fully saturated rings. The van der Waals surface area contributed by atoms with Gasteiger partial charge in [0, 0.05) is 31.8 Å². The van der Waals surface area contributed by atoms with Crippen LogP contribution < -0.4 is 20.7 Å². The van der Waals surface area contributed by atoms with Gasteiger partial charge in [0.25, 0.3) is 17.7 Å². The summed E-state index contributed by atoms with van der Waals surface area (Å²) in [4.78, 5) is 88.1. The Bertz CT molecular complexity index is 1810. The molecule has 3 heterocycles. The van der Waals surface area contributed by atoms with Crippen LogP contribution in [0.3, 0.4) is 0 Å². The fourth-order valence-electron chi connectivity index (χ4n) is 8.43. The van der Waals surface area contributed by atoms with E-state index in [4.69, 9.17) is 23.7 Å². The van der Waals surface area contributed by atoms with Crippen LogP contribution in [-0.2, 0) is 38.1 Å². The first kappa shape index (κ1) is 42.5. The number of carbonyl (C=O) groups is 7. The Morgan fingerprint density at radius 1 is 0.966 bits per heavy atom. The number of allylic oxidation sites excluding steroid dienone is 3. The van der Waals surface area contributed by atoms with Crippen molar-refractivity contribution in [3.8, 4) is 5.75 Å². The van der Waals surface area contributed by atoms with E-state index in [1.807, 2.05) is 0 Å². The summed E-state index contributed by atoms with van der Waals surface area (Å²) < 4.78 is 28.2. The van der Waals surface area contributed by atoms with Gasteiger partial charge in [-0.25, -0.2) is 4.79 Å². The number of nitrogens with one attached hydrogen (secondary N) is 3. The quantitative estimate of drug-likeness (QED) is 0.101. The van der Waals surface area contributed by atoms with Crippen LogP contribution in [0, 0.1) is 23.7 Å². The number of hydrogen-bond donors (Lipinski definition) is 4. The topological polar surface area (TPSA) is 225 Å².